The number of benzene rings is 1. The summed E-state index contributed by atoms with van der Waals surface area (Å²) in [6, 6.07) is 5.18. The van der Waals surface area contributed by atoms with Gasteiger partial charge in [0.1, 0.15) is 0 Å². The van der Waals surface area contributed by atoms with Crippen LogP contribution in [0, 0.1) is 0 Å². The number of rotatable bonds is 9. The van der Waals surface area contributed by atoms with Crippen LogP contribution in [0.15, 0.2) is 36.0 Å². The predicted molar refractivity (Wildman–Crippen MR) is 92.3 cm³/mol. The monoisotopic (exact) mass is 337 g/mol. The average Bonchev–Trinajstić information content (AvgIpc) is 2.52. The zero-order valence-corrected chi connectivity index (χ0v) is 13.6. The maximum absolute atomic E-state index is 10.7. The molecule has 0 saturated carbocycles. The Hall–Kier alpha value is -2.61. The van der Waals surface area contributed by atoms with Crippen molar-refractivity contribution in [3.05, 3.63) is 36.4 Å². The molecule has 3 N–H and O–H groups in total. The van der Waals surface area contributed by atoms with E-state index in [4.69, 9.17) is 26.8 Å². The summed E-state index contributed by atoms with van der Waals surface area (Å²) in [6.45, 7) is 5.87. The molecule has 0 spiro atoms. The molecule has 1 aromatic rings. The molecule has 7 nitrogen and oxygen atoms in total. The van der Waals surface area contributed by atoms with Crippen molar-refractivity contribution in [3.63, 3.8) is 0 Å². The van der Waals surface area contributed by atoms with Crippen LogP contribution in [0.25, 0.3) is 0 Å². The van der Waals surface area contributed by atoms with Gasteiger partial charge in [-0.25, -0.2) is 4.79 Å². The molecule has 0 bridgehead atoms. The van der Waals surface area contributed by atoms with Crippen molar-refractivity contribution in [1.29, 1.82) is 0 Å². The molecule has 0 aliphatic heterocycles. The number of nitrogens with one attached hydrogen (secondary N) is 2. The van der Waals surface area contributed by atoms with Gasteiger partial charge in [-0.1, -0.05) is 12.1 Å². The number of hydrazone groups is 1. The number of carbonyl (C=O) groups is 1. The zero-order valence-electron chi connectivity index (χ0n) is 12.7. The summed E-state index contributed by atoms with van der Waals surface area (Å²) in [5.74, 6) is -0.315. The first-order valence-electron chi connectivity index (χ1n) is 6.86. The van der Waals surface area contributed by atoms with Crippen molar-refractivity contribution in [3.8, 4) is 11.5 Å². The second kappa shape index (κ2) is 10.2. The molecule has 0 heterocycles. The van der Waals surface area contributed by atoms with E-state index in [0.717, 1.165) is 0 Å². The largest absolute Gasteiger partial charge is 0.490 e. The molecule has 0 aliphatic carbocycles. The Morgan fingerprint density at radius 2 is 2.26 bits per heavy atom. The first-order chi connectivity index (χ1) is 11.1. The van der Waals surface area contributed by atoms with Crippen LogP contribution >= 0.6 is 12.2 Å². The fourth-order valence-corrected chi connectivity index (χ4v) is 1.69. The molecule has 0 unspecified atom stereocenters. The lowest BCUT2D eigenvalue weighted by Crippen LogP contribution is -2.31. The summed E-state index contributed by atoms with van der Waals surface area (Å²) in [5, 5.41) is 16.0. The Kier molecular flexibility index (Phi) is 8.16. The third kappa shape index (κ3) is 6.79. The molecular formula is C15H19N3O4S. The number of carboxylic acid groups (broad SMARTS) is 1. The van der Waals surface area contributed by atoms with Crippen LogP contribution in [0.4, 0.5) is 0 Å². The molecule has 23 heavy (non-hydrogen) atoms. The highest BCUT2D eigenvalue weighted by Gasteiger charge is 2.11. The molecule has 0 amide bonds. The smallest absolute Gasteiger partial charge is 0.341 e. The van der Waals surface area contributed by atoms with Crippen molar-refractivity contribution in [2.45, 2.75) is 6.92 Å². The number of ether oxygens (including phenoxy) is 2. The van der Waals surface area contributed by atoms with E-state index in [9.17, 15) is 4.79 Å². The number of hydrogen-bond donors (Lipinski definition) is 3. The molecule has 124 valence electrons. The maximum atomic E-state index is 10.7. The number of aliphatic carboxylic acids is 1. The quantitative estimate of drug-likeness (QED) is 0.272. The third-order valence-electron chi connectivity index (χ3n) is 2.43. The lowest BCUT2D eigenvalue weighted by Gasteiger charge is -2.13. The van der Waals surface area contributed by atoms with Crippen molar-refractivity contribution >= 4 is 29.5 Å². The summed E-state index contributed by atoms with van der Waals surface area (Å²) in [6.07, 6.45) is 3.14. The van der Waals surface area contributed by atoms with Gasteiger partial charge in [-0.2, -0.15) is 5.10 Å². The SMILES string of the molecule is C=CCNC(=S)N/N=C/c1cccc(OCC)c1OCC(=O)O. The maximum Gasteiger partial charge on any atom is 0.341 e. The molecule has 1 rings (SSSR count). The Balaban J connectivity index is 2.86. The molecule has 0 aromatic heterocycles. The van der Waals surface area contributed by atoms with Gasteiger partial charge in [-0.3, -0.25) is 5.43 Å². The first kappa shape index (κ1) is 18.4. The van der Waals surface area contributed by atoms with Crippen LogP contribution in [-0.2, 0) is 4.79 Å². The minimum absolute atomic E-state index is 0.312. The average molecular weight is 337 g/mol. The number of hydrogen-bond acceptors (Lipinski definition) is 5. The number of nitrogens with zero attached hydrogens (tertiary/aromatic N) is 1. The number of para-hydroxylation sites is 1. The van der Waals surface area contributed by atoms with Crippen molar-refractivity contribution in [2.24, 2.45) is 5.10 Å². The van der Waals surface area contributed by atoms with Crippen LogP contribution in [0.2, 0.25) is 0 Å². The molecule has 0 radical (unpaired) electrons. The Morgan fingerprint density at radius 1 is 1.48 bits per heavy atom. The lowest BCUT2D eigenvalue weighted by atomic mass is 10.2. The van der Waals surface area contributed by atoms with Crippen molar-refractivity contribution < 1.29 is 19.4 Å². The first-order valence-corrected chi connectivity index (χ1v) is 7.27. The zero-order chi connectivity index (χ0) is 17.1. The van der Waals surface area contributed by atoms with Gasteiger partial charge in [0.2, 0.25) is 0 Å². The highest BCUT2D eigenvalue weighted by Crippen LogP contribution is 2.30. The fourth-order valence-electron chi connectivity index (χ4n) is 1.56. The molecule has 0 fully saturated rings. The van der Waals surface area contributed by atoms with Crippen LogP contribution in [0.5, 0.6) is 11.5 Å². The predicted octanol–water partition coefficient (Wildman–Crippen LogP) is 1.53. The van der Waals surface area contributed by atoms with E-state index in [-0.39, 0.29) is 0 Å². The molecule has 0 atom stereocenters. The van der Waals surface area contributed by atoms with E-state index < -0.39 is 12.6 Å². The van der Waals surface area contributed by atoms with Gasteiger partial charge in [0.15, 0.2) is 23.2 Å². The highest BCUT2D eigenvalue weighted by atomic mass is 32.1. The van der Waals surface area contributed by atoms with Gasteiger partial charge < -0.3 is 19.9 Å². The Bertz CT molecular complexity index is 590. The van der Waals surface area contributed by atoms with Gasteiger partial charge in [0, 0.05) is 12.1 Å². The third-order valence-corrected chi connectivity index (χ3v) is 2.66. The van der Waals surface area contributed by atoms with E-state index in [2.05, 4.69) is 22.4 Å². The summed E-state index contributed by atoms with van der Waals surface area (Å²) < 4.78 is 10.7. The second-order valence-corrected chi connectivity index (χ2v) is 4.57. The molecule has 0 aliphatic rings. The van der Waals surface area contributed by atoms with Crippen molar-refractivity contribution in [1.82, 2.24) is 10.7 Å². The minimum atomic E-state index is -1.08. The van der Waals surface area contributed by atoms with E-state index in [0.29, 0.717) is 35.3 Å². The highest BCUT2D eigenvalue weighted by molar-refractivity contribution is 7.80. The van der Waals surface area contributed by atoms with E-state index in [1.165, 1.54) is 6.21 Å². The van der Waals surface area contributed by atoms with Gasteiger partial charge in [0.05, 0.1) is 12.8 Å². The minimum Gasteiger partial charge on any atom is -0.490 e. The van der Waals surface area contributed by atoms with Crippen LogP contribution in [0.3, 0.4) is 0 Å². The fraction of sp³-hybridized carbons (Fsp3) is 0.267. The standard InChI is InChI=1S/C15H19N3O4S/c1-3-8-16-15(23)18-17-9-11-6-5-7-12(21-4-2)14(11)22-10-13(19)20/h3,5-7,9H,1,4,8,10H2,2H3,(H,19,20)(H2,16,18,23)/b17-9+. The number of carboxylic acids is 1. The van der Waals surface area contributed by atoms with Crippen LogP contribution < -0.4 is 20.2 Å². The summed E-state index contributed by atoms with van der Waals surface area (Å²) >= 11 is 5.00. The van der Waals surface area contributed by atoms with E-state index in [1.54, 1.807) is 24.3 Å². The number of thiocarbonyl (C=S) groups is 1. The van der Waals surface area contributed by atoms with Gasteiger partial charge in [0.25, 0.3) is 0 Å². The molecule has 8 heteroatoms. The molecule has 0 saturated heterocycles. The second-order valence-electron chi connectivity index (χ2n) is 4.16. The van der Waals surface area contributed by atoms with Gasteiger partial charge in [-0.15, -0.1) is 6.58 Å². The summed E-state index contributed by atoms with van der Waals surface area (Å²) in [4.78, 5) is 10.7. The van der Waals surface area contributed by atoms with Crippen LogP contribution in [0.1, 0.15) is 12.5 Å². The van der Waals surface area contributed by atoms with Crippen molar-refractivity contribution in [2.75, 3.05) is 19.8 Å². The van der Waals surface area contributed by atoms with Crippen LogP contribution in [-0.4, -0.2) is 42.2 Å². The molecule has 1 aromatic carbocycles. The normalized spacial score (nSPS) is 10.1. The van der Waals surface area contributed by atoms with Gasteiger partial charge in [-0.05, 0) is 31.3 Å². The Morgan fingerprint density at radius 3 is 2.91 bits per heavy atom. The summed E-state index contributed by atoms with van der Waals surface area (Å²) in [5.41, 5.74) is 3.20. The summed E-state index contributed by atoms with van der Waals surface area (Å²) in [7, 11) is 0. The van der Waals surface area contributed by atoms with E-state index >= 15 is 0 Å². The van der Waals surface area contributed by atoms with E-state index in [1.807, 2.05) is 6.92 Å². The lowest BCUT2D eigenvalue weighted by molar-refractivity contribution is -0.139. The topological polar surface area (TPSA) is 92.2 Å². The van der Waals surface area contributed by atoms with Gasteiger partial charge >= 0.3 is 5.97 Å². The Labute approximate surface area is 140 Å². The molecular weight excluding hydrogens is 318 g/mol.